The molecule has 0 aliphatic carbocycles. The van der Waals surface area contributed by atoms with Gasteiger partial charge in [0, 0.05) is 23.6 Å². The fraction of sp³-hybridized carbons (Fsp3) is 0.0526. The summed E-state index contributed by atoms with van der Waals surface area (Å²) in [5.41, 5.74) is 2.65. The SMILES string of the molecule is O=C(NCc1nc2ccccc2s1)c1ccc(-n2cccc2)cc1. The summed E-state index contributed by atoms with van der Waals surface area (Å²) >= 11 is 1.61. The Morgan fingerprint density at radius 3 is 2.50 bits per heavy atom. The maximum Gasteiger partial charge on any atom is 0.251 e. The second kappa shape index (κ2) is 6.29. The molecule has 0 aliphatic rings. The van der Waals surface area contributed by atoms with E-state index in [1.807, 2.05) is 77.6 Å². The summed E-state index contributed by atoms with van der Waals surface area (Å²) in [7, 11) is 0. The lowest BCUT2D eigenvalue weighted by molar-refractivity contribution is 0.0951. The van der Waals surface area contributed by atoms with Crippen molar-refractivity contribution in [3.05, 3.63) is 83.6 Å². The smallest absolute Gasteiger partial charge is 0.251 e. The molecule has 0 radical (unpaired) electrons. The van der Waals surface area contributed by atoms with Gasteiger partial charge in [-0.05, 0) is 48.5 Å². The van der Waals surface area contributed by atoms with Crippen LogP contribution in [0.15, 0.2) is 73.1 Å². The average Bonchev–Trinajstić information content (AvgIpc) is 3.29. The van der Waals surface area contributed by atoms with Crippen molar-refractivity contribution in [3.8, 4) is 5.69 Å². The van der Waals surface area contributed by atoms with Crippen LogP contribution < -0.4 is 5.32 Å². The Balaban J connectivity index is 1.44. The first-order valence-corrected chi connectivity index (χ1v) is 8.47. The zero-order valence-corrected chi connectivity index (χ0v) is 13.7. The molecule has 0 bridgehead atoms. The summed E-state index contributed by atoms with van der Waals surface area (Å²) < 4.78 is 3.14. The van der Waals surface area contributed by atoms with Crippen molar-refractivity contribution in [3.63, 3.8) is 0 Å². The fourth-order valence-corrected chi connectivity index (χ4v) is 3.45. The molecular formula is C19H15N3OS. The first-order chi connectivity index (χ1) is 11.8. The number of carbonyl (C=O) groups excluding carboxylic acids is 1. The molecule has 24 heavy (non-hydrogen) atoms. The van der Waals surface area contributed by atoms with E-state index in [0.29, 0.717) is 12.1 Å². The van der Waals surface area contributed by atoms with Crippen LogP contribution in [0.25, 0.3) is 15.9 Å². The van der Waals surface area contributed by atoms with Crippen LogP contribution >= 0.6 is 11.3 Å². The molecule has 0 saturated carbocycles. The average molecular weight is 333 g/mol. The largest absolute Gasteiger partial charge is 0.346 e. The topological polar surface area (TPSA) is 46.9 Å². The van der Waals surface area contributed by atoms with Crippen molar-refractivity contribution >= 4 is 27.5 Å². The van der Waals surface area contributed by atoms with Crippen LogP contribution in [-0.2, 0) is 6.54 Å². The van der Waals surface area contributed by atoms with Gasteiger partial charge in [0.25, 0.3) is 5.91 Å². The van der Waals surface area contributed by atoms with Crippen molar-refractivity contribution in [2.45, 2.75) is 6.54 Å². The lowest BCUT2D eigenvalue weighted by atomic mass is 10.2. The summed E-state index contributed by atoms with van der Waals surface area (Å²) in [5, 5.41) is 3.84. The third kappa shape index (κ3) is 2.94. The van der Waals surface area contributed by atoms with Gasteiger partial charge in [0.2, 0.25) is 0 Å². The number of nitrogens with one attached hydrogen (secondary N) is 1. The minimum absolute atomic E-state index is 0.0895. The van der Waals surface area contributed by atoms with Gasteiger partial charge in [-0.2, -0.15) is 0 Å². The van der Waals surface area contributed by atoms with Gasteiger partial charge in [-0.3, -0.25) is 4.79 Å². The van der Waals surface area contributed by atoms with Gasteiger partial charge in [0.15, 0.2) is 0 Å². The summed E-state index contributed by atoms with van der Waals surface area (Å²) in [5.74, 6) is -0.0895. The molecule has 2 heterocycles. The van der Waals surface area contributed by atoms with Crippen molar-refractivity contribution in [2.24, 2.45) is 0 Å². The maximum atomic E-state index is 12.3. The zero-order valence-electron chi connectivity index (χ0n) is 12.8. The number of nitrogens with zero attached hydrogens (tertiary/aromatic N) is 2. The van der Waals surface area contributed by atoms with Gasteiger partial charge in [0.1, 0.15) is 5.01 Å². The quantitative estimate of drug-likeness (QED) is 0.613. The lowest BCUT2D eigenvalue weighted by Crippen LogP contribution is -2.22. The maximum absolute atomic E-state index is 12.3. The van der Waals surface area contributed by atoms with Crippen LogP contribution in [0, 0.1) is 0 Å². The molecule has 118 valence electrons. The Morgan fingerprint density at radius 2 is 1.75 bits per heavy atom. The van der Waals surface area contributed by atoms with Crippen LogP contribution in [-0.4, -0.2) is 15.5 Å². The van der Waals surface area contributed by atoms with Gasteiger partial charge in [-0.25, -0.2) is 4.98 Å². The second-order valence-electron chi connectivity index (χ2n) is 5.40. The first-order valence-electron chi connectivity index (χ1n) is 7.66. The lowest BCUT2D eigenvalue weighted by Gasteiger charge is -2.06. The molecule has 4 rings (SSSR count). The number of hydrogen-bond donors (Lipinski definition) is 1. The summed E-state index contributed by atoms with van der Waals surface area (Å²) in [6.45, 7) is 0.442. The highest BCUT2D eigenvalue weighted by Gasteiger charge is 2.08. The highest BCUT2D eigenvalue weighted by Crippen LogP contribution is 2.21. The zero-order chi connectivity index (χ0) is 16.4. The number of thiazole rings is 1. The fourth-order valence-electron chi connectivity index (χ4n) is 2.55. The number of aromatic nitrogens is 2. The van der Waals surface area contributed by atoms with E-state index in [1.165, 1.54) is 0 Å². The van der Waals surface area contributed by atoms with E-state index in [2.05, 4.69) is 10.3 Å². The molecule has 5 heteroatoms. The Bertz CT molecular complexity index is 938. The van der Waals surface area contributed by atoms with Gasteiger partial charge < -0.3 is 9.88 Å². The van der Waals surface area contributed by atoms with E-state index in [4.69, 9.17) is 0 Å². The minimum atomic E-state index is -0.0895. The standard InChI is InChI=1S/C19H15N3OS/c23-19(14-7-9-15(10-8-14)22-11-3-4-12-22)20-13-18-21-16-5-1-2-6-17(16)24-18/h1-12H,13H2,(H,20,23). The van der Waals surface area contributed by atoms with E-state index >= 15 is 0 Å². The molecule has 0 saturated heterocycles. The Morgan fingerprint density at radius 1 is 1.00 bits per heavy atom. The second-order valence-corrected chi connectivity index (χ2v) is 6.51. The molecule has 2 aromatic heterocycles. The summed E-state index contributed by atoms with van der Waals surface area (Å²) in [6, 6.07) is 19.5. The minimum Gasteiger partial charge on any atom is -0.346 e. The van der Waals surface area contributed by atoms with Crippen molar-refractivity contribution < 1.29 is 4.79 Å². The summed E-state index contributed by atoms with van der Waals surface area (Å²) in [4.78, 5) is 16.8. The third-order valence-corrected chi connectivity index (χ3v) is 4.81. The van der Waals surface area contributed by atoms with Gasteiger partial charge >= 0.3 is 0 Å². The Labute approximate surface area is 143 Å². The molecule has 4 nitrogen and oxygen atoms in total. The number of hydrogen-bond acceptors (Lipinski definition) is 3. The third-order valence-electron chi connectivity index (χ3n) is 3.77. The number of carbonyl (C=O) groups is 1. The normalized spacial score (nSPS) is 10.8. The molecule has 1 amide bonds. The van der Waals surface area contributed by atoms with E-state index in [-0.39, 0.29) is 5.91 Å². The molecular weight excluding hydrogens is 318 g/mol. The van der Waals surface area contributed by atoms with E-state index in [0.717, 1.165) is 20.9 Å². The van der Waals surface area contributed by atoms with Crippen molar-refractivity contribution in [2.75, 3.05) is 0 Å². The number of amides is 1. The van der Waals surface area contributed by atoms with E-state index < -0.39 is 0 Å². The molecule has 0 fully saturated rings. The Hall–Kier alpha value is -2.92. The van der Waals surface area contributed by atoms with Crippen LogP contribution in [0.4, 0.5) is 0 Å². The molecule has 1 N–H and O–H groups in total. The molecule has 0 unspecified atom stereocenters. The molecule has 2 aromatic carbocycles. The monoisotopic (exact) mass is 333 g/mol. The number of para-hydroxylation sites is 1. The van der Waals surface area contributed by atoms with Crippen molar-refractivity contribution in [1.29, 1.82) is 0 Å². The van der Waals surface area contributed by atoms with E-state index in [9.17, 15) is 4.79 Å². The van der Waals surface area contributed by atoms with Crippen LogP contribution in [0.1, 0.15) is 15.4 Å². The number of rotatable bonds is 4. The predicted molar refractivity (Wildman–Crippen MR) is 96.6 cm³/mol. The first kappa shape index (κ1) is 14.7. The highest BCUT2D eigenvalue weighted by atomic mass is 32.1. The van der Waals surface area contributed by atoms with Gasteiger partial charge in [-0.15, -0.1) is 11.3 Å². The van der Waals surface area contributed by atoms with Crippen LogP contribution in [0.2, 0.25) is 0 Å². The van der Waals surface area contributed by atoms with Crippen LogP contribution in [0.3, 0.4) is 0 Å². The van der Waals surface area contributed by atoms with Gasteiger partial charge in [-0.1, -0.05) is 12.1 Å². The highest BCUT2D eigenvalue weighted by molar-refractivity contribution is 7.18. The molecule has 0 atom stereocenters. The molecule has 0 aliphatic heterocycles. The summed E-state index contributed by atoms with van der Waals surface area (Å²) in [6.07, 6.45) is 3.95. The molecule has 4 aromatic rings. The predicted octanol–water partition coefficient (Wildman–Crippen LogP) is 4.02. The van der Waals surface area contributed by atoms with E-state index in [1.54, 1.807) is 11.3 Å². The van der Waals surface area contributed by atoms with Crippen LogP contribution in [0.5, 0.6) is 0 Å². The Kier molecular flexibility index (Phi) is 3.84. The molecule has 0 spiro atoms. The van der Waals surface area contributed by atoms with Crippen molar-refractivity contribution in [1.82, 2.24) is 14.9 Å². The van der Waals surface area contributed by atoms with Gasteiger partial charge in [0.05, 0.1) is 16.8 Å². The number of fused-ring (bicyclic) bond motifs is 1. The number of benzene rings is 2.